The third kappa shape index (κ3) is 6.19. The SMILES string of the molecule is CS(=O)(=O)OCCCCc1ccncc1. The second-order valence-corrected chi connectivity index (χ2v) is 4.98. The Kier molecular flexibility index (Phi) is 4.71. The van der Waals surface area contributed by atoms with Crippen molar-refractivity contribution in [2.24, 2.45) is 0 Å². The second kappa shape index (κ2) is 5.82. The van der Waals surface area contributed by atoms with Crippen molar-refractivity contribution in [2.45, 2.75) is 19.3 Å². The summed E-state index contributed by atoms with van der Waals surface area (Å²) in [4.78, 5) is 3.92. The van der Waals surface area contributed by atoms with E-state index in [1.807, 2.05) is 12.1 Å². The largest absolute Gasteiger partial charge is 0.270 e. The molecule has 1 heterocycles. The van der Waals surface area contributed by atoms with E-state index in [2.05, 4.69) is 9.17 Å². The first-order valence-electron chi connectivity index (χ1n) is 4.81. The molecule has 0 N–H and O–H groups in total. The van der Waals surface area contributed by atoms with Crippen LogP contribution in [0.3, 0.4) is 0 Å². The fraction of sp³-hybridized carbons (Fsp3) is 0.500. The van der Waals surface area contributed by atoms with Crippen LogP contribution in [0, 0.1) is 0 Å². The minimum atomic E-state index is -3.28. The molecule has 15 heavy (non-hydrogen) atoms. The maximum absolute atomic E-state index is 10.6. The fourth-order valence-corrected chi connectivity index (χ4v) is 1.61. The quantitative estimate of drug-likeness (QED) is 0.546. The van der Waals surface area contributed by atoms with Crippen LogP contribution < -0.4 is 0 Å². The molecule has 0 aromatic carbocycles. The zero-order valence-corrected chi connectivity index (χ0v) is 9.53. The Morgan fingerprint density at radius 1 is 1.27 bits per heavy atom. The van der Waals surface area contributed by atoms with Crippen LogP contribution in [0.5, 0.6) is 0 Å². The van der Waals surface area contributed by atoms with Crippen LogP contribution in [0.2, 0.25) is 0 Å². The van der Waals surface area contributed by atoms with Gasteiger partial charge in [0.2, 0.25) is 0 Å². The van der Waals surface area contributed by atoms with E-state index in [9.17, 15) is 8.42 Å². The molecule has 0 amide bonds. The number of rotatable bonds is 6. The van der Waals surface area contributed by atoms with Gasteiger partial charge >= 0.3 is 0 Å². The number of aromatic nitrogens is 1. The lowest BCUT2D eigenvalue weighted by atomic mass is 10.1. The van der Waals surface area contributed by atoms with Crippen molar-refractivity contribution >= 4 is 10.1 Å². The molecule has 0 bridgehead atoms. The molecule has 0 unspecified atom stereocenters. The van der Waals surface area contributed by atoms with Gasteiger partial charge in [0.1, 0.15) is 0 Å². The van der Waals surface area contributed by atoms with E-state index in [-0.39, 0.29) is 6.61 Å². The van der Waals surface area contributed by atoms with Gasteiger partial charge in [-0.05, 0) is 37.0 Å². The van der Waals surface area contributed by atoms with E-state index in [4.69, 9.17) is 0 Å². The summed E-state index contributed by atoms with van der Waals surface area (Å²) in [7, 11) is -3.28. The lowest BCUT2D eigenvalue weighted by Gasteiger charge is -2.01. The lowest BCUT2D eigenvalue weighted by molar-refractivity contribution is 0.312. The van der Waals surface area contributed by atoms with Crippen molar-refractivity contribution in [3.63, 3.8) is 0 Å². The predicted octanol–water partition coefficient (Wildman–Crippen LogP) is 1.38. The van der Waals surface area contributed by atoms with Gasteiger partial charge in [-0.1, -0.05) is 0 Å². The number of unbranched alkanes of at least 4 members (excludes halogenated alkanes) is 1. The van der Waals surface area contributed by atoms with Crippen molar-refractivity contribution in [3.05, 3.63) is 30.1 Å². The monoisotopic (exact) mass is 229 g/mol. The summed E-state index contributed by atoms with van der Waals surface area (Å²) in [5, 5.41) is 0. The summed E-state index contributed by atoms with van der Waals surface area (Å²) in [6.07, 6.45) is 7.16. The molecule has 5 heteroatoms. The molecule has 0 aliphatic rings. The van der Waals surface area contributed by atoms with Crippen molar-refractivity contribution in [1.29, 1.82) is 0 Å². The molecule has 0 radical (unpaired) electrons. The van der Waals surface area contributed by atoms with Crippen LogP contribution in [0.25, 0.3) is 0 Å². The molecule has 0 aliphatic heterocycles. The van der Waals surface area contributed by atoms with Gasteiger partial charge in [-0.2, -0.15) is 8.42 Å². The van der Waals surface area contributed by atoms with Crippen LogP contribution >= 0.6 is 0 Å². The maximum atomic E-state index is 10.6. The number of nitrogens with zero attached hydrogens (tertiary/aromatic N) is 1. The first-order valence-corrected chi connectivity index (χ1v) is 6.63. The second-order valence-electron chi connectivity index (χ2n) is 3.34. The molecule has 1 rings (SSSR count). The molecule has 0 atom stereocenters. The van der Waals surface area contributed by atoms with E-state index in [1.165, 1.54) is 5.56 Å². The van der Waals surface area contributed by atoms with Crippen LogP contribution in [0.15, 0.2) is 24.5 Å². The Morgan fingerprint density at radius 3 is 2.53 bits per heavy atom. The van der Waals surface area contributed by atoms with Crippen LogP contribution in [-0.4, -0.2) is 26.3 Å². The molecule has 1 aromatic heterocycles. The average molecular weight is 229 g/mol. The zero-order valence-electron chi connectivity index (χ0n) is 8.72. The maximum Gasteiger partial charge on any atom is 0.264 e. The van der Waals surface area contributed by atoms with Crippen molar-refractivity contribution in [2.75, 3.05) is 12.9 Å². The molecule has 0 aliphatic carbocycles. The molecule has 84 valence electrons. The predicted molar refractivity (Wildman–Crippen MR) is 58.0 cm³/mol. The summed E-state index contributed by atoms with van der Waals surface area (Å²) in [6.45, 7) is 0.268. The van der Waals surface area contributed by atoms with Gasteiger partial charge in [-0.15, -0.1) is 0 Å². The molecular weight excluding hydrogens is 214 g/mol. The summed E-state index contributed by atoms with van der Waals surface area (Å²) >= 11 is 0. The Hall–Kier alpha value is -0.940. The highest BCUT2D eigenvalue weighted by Gasteiger charge is 2.00. The molecule has 1 aromatic rings. The lowest BCUT2D eigenvalue weighted by Crippen LogP contribution is -2.04. The smallest absolute Gasteiger partial charge is 0.264 e. The minimum absolute atomic E-state index is 0.268. The minimum Gasteiger partial charge on any atom is -0.270 e. The highest BCUT2D eigenvalue weighted by atomic mass is 32.2. The molecule has 0 saturated carbocycles. The van der Waals surface area contributed by atoms with Crippen molar-refractivity contribution in [1.82, 2.24) is 4.98 Å². The van der Waals surface area contributed by atoms with E-state index in [1.54, 1.807) is 12.4 Å². The third-order valence-electron chi connectivity index (χ3n) is 1.91. The summed E-state index contributed by atoms with van der Waals surface area (Å²) in [5.74, 6) is 0. The van der Waals surface area contributed by atoms with E-state index < -0.39 is 10.1 Å². The van der Waals surface area contributed by atoms with Gasteiger partial charge in [0.15, 0.2) is 0 Å². The van der Waals surface area contributed by atoms with E-state index in [0.717, 1.165) is 25.5 Å². The summed E-state index contributed by atoms with van der Waals surface area (Å²) < 4.78 is 25.9. The summed E-state index contributed by atoms with van der Waals surface area (Å²) in [6, 6.07) is 3.91. The zero-order chi connectivity index (χ0) is 11.1. The number of hydrogen-bond donors (Lipinski definition) is 0. The van der Waals surface area contributed by atoms with Crippen LogP contribution in [0.4, 0.5) is 0 Å². The highest BCUT2D eigenvalue weighted by Crippen LogP contribution is 2.03. The molecule has 4 nitrogen and oxygen atoms in total. The first-order chi connectivity index (χ1) is 7.08. The van der Waals surface area contributed by atoms with Gasteiger partial charge in [0.05, 0.1) is 12.9 Å². The van der Waals surface area contributed by atoms with Gasteiger partial charge in [0.25, 0.3) is 10.1 Å². The Bertz CT molecular complexity index is 375. The topological polar surface area (TPSA) is 56.3 Å². The standard InChI is InChI=1S/C10H15NO3S/c1-15(12,13)14-9-3-2-4-10-5-7-11-8-6-10/h5-8H,2-4,9H2,1H3. The molecule has 0 saturated heterocycles. The normalized spacial score (nSPS) is 11.5. The van der Waals surface area contributed by atoms with Gasteiger partial charge in [-0.25, -0.2) is 0 Å². The first kappa shape index (κ1) is 12.1. The fourth-order valence-electron chi connectivity index (χ4n) is 1.19. The van der Waals surface area contributed by atoms with E-state index >= 15 is 0 Å². The number of hydrogen-bond acceptors (Lipinski definition) is 4. The van der Waals surface area contributed by atoms with Crippen molar-refractivity contribution < 1.29 is 12.6 Å². The highest BCUT2D eigenvalue weighted by molar-refractivity contribution is 7.85. The Morgan fingerprint density at radius 2 is 1.93 bits per heavy atom. The molecule has 0 spiro atoms. The summed E-state index contributed by atoms with van der Waals surface area (Å²) in [5.41, 5.74) is 1.21. The Balaban J connectivity index is 2.13. The number of aryl methyl sites for hydroxylation is 1. The molecular formula is C10H15NO3S. The molecule has 0 fully saturated rings. The Labute approximate surface area is 90.4 Å². The van der Waals surface area contributed by atoms with Crippen molar-refractivity contribution in [3.8, 4) is 0 Å². The average Bonchev–Trinajstić information content (AvgIpc) is 2.17. The van der Waals surface area contributed by atoms with Gasteiger partial charge in [-0.3, -0.25) is 9.17 Å². The van der Waals surface area contributed by atoms with Crippen LogP contribution in [-0.2, 0) is 20.7 Å². The number of pyridine rings is 1. The van der Waals surface area contributed by atoms with Gasteiger partial charge < -0.3 is 0 Å². The third-order valence-corrected chi connectivity index (χ3v) is 2.50. The van der Waals surface area contributed by atoms with E-state index in [0.29, 0.717) is 0 Å². The van der Waals surface area contributed by atoms with Crippen LogP contribution in [0.1, 0.15) is 18.4 Å². The van der Waals surface area contributed by atoms with Gasteiger partial charge in [0, 0.05) is 12.4 Å².